The van der Waals surface area contributed by atoms with Crippen LogP contribution in [0.5, 0.6) is 0 Å². The van der Waals surface area contributed by atoms with Gasteiger partial charge in [-0.15, -0.1) is 0 Å². The largest absolute Gasteiger partial charge is 0.329 e. The molecule has 0 saturated heterocycles. The molecule has 0 rings (SSSR count). The fourth-order valence-electron chi connectivity index (χ4n) is 1.23. The van der Waals surface area contributed by atoms with Crippen LogP contribution < -0.4 is 10.5 Å². The summed E-state index contributed by atoms with van der Waals surface area (Å²) >= 11 is 0. The van der Waals surface area contributed by atoms with Gasteiger partial charge in [0, 0.05) is 25.7 Å². The summed E-state index contributed by atoms with van der Waals surface area (Å²) in [4.78, 5) is 0. The lowest BCUT2D eigenvalue weighted by Crippen LogP contribution is -2.47. The summed E-state index contributed by atoms with van der Waals surface area (Å²) in [7, 11) is -3.35. The minimum Gasteiger partial charge on any atom is -0.329 e. The Morgan fingerprint density at radius 2 is 1.73 bits per heavy atom. The van der Waals surface area contributed by atoms with Crippen molar-refractivity contribution in [3.05, 3.63) is 0 Å². The molecule has 0 aliphatic rings. The maximum atomic E-state index is 11.8. The van der Waals surface area contributed by atoms with Crippen LogP contribution in [0, 0.1) is 0 Å². The average Bonchev–Trinajstić information content (AvgIpc) is 2.16. The normalized spacial score (nSPS) is 14.5. The van der Waals surface area contributed by atoms with E-state index in [4.69, 9.17) is 5.73 Å². The standard InChI is InChI=1S/C9H23N3O2S/c1-4-6-12(7-5-2)15(13,14)11-9(3)8-10/h9,11H,4-8,10H2,1-3H3/t9-/m1/s1. The molecule has 0 aliphatic carbocycles. The van der Waals surface area contributed by atoms with E-state index >= 15 is 0 Å². The highest BCUT2D eigenvalue weighted by Gasteiger charge is 2.21. The lowest BCUT2D eigenvalue weighted by molar-refractivity contribution is 0.397. The van der Waals surface area contributed by atoms with E-state index in [-0.39, 0.29) is 6.04 Å². The van der Waals surface area contributed by atoms with Crippen molar-refractivity contribution in [2.45, 2.75) is 39.7 Å². The Bertz CT molecular complexity index is 248. The van der Waals surface area contributed by atoms with Crippen LogP contribution in [0.4, 0.5) is 0 Å². The van der Waals surface area contributed by atoms with Crippen LogP contribution in [-0.4, -0.2) is 38.4 Å². The van der Waals surface area contributed by atoms with E-state index in [9.17, 15) is 8.42 Å². The molecule has 0 aromatic heterocycles. The molecule has 0 fully saturated rings. The van der Waals surface area contributed by atoms with Gasteiger partial charge in [0.15, 0.2) is 0 Å². The smallest absolute Gasteiger partial charge is 0.279 e. The van der Waals surface area contributed by atoms with E-state index in [0.717, 1.165) is 12.8 Å². The number of nitrogens with one attached hydrogen (secondary N) is 1. The highest BCUT2D eigenvalue weighted by atomic mass is 32.2. The molecule has 6 heteroatoms. The molecule has 0 unspecified atom stereocenters. The van der Waals surface area contributed by atoms with Crippen LogP contribution >= 0.6 is 0 Å². The van der Waals surface area contributed by atoms with E-state index in [1.807, 2.05) is 13.8 Å². The fourth-order valence-corrected chi connectivity index (χ4v) is 2.83. The molecule has 0 saturated carbocycles. The van der Waals surface area contributed by atoms with Gasteiger partial charge < -0.3 is 5.73 Å². The van der Waals surface area contributed by atoms with Crippen LogP contribution in [-0.2, 0) is 10.2 Å². The third kappa shape index (κ3) is 5.46. The summed E-state index contributed by atoms with van der Waals surface area (Å²) < 4.78 is 27.7. The Morgan fingerprint density at radius 3 is 2.07 bits per heavy atom. The van der Waals surface area contributed by atoms with Crippen LogP contribution in [0.2, 0.25) is 0 Å². The van der Waals surface area contributed by atoms with Crippen LogP contribution in [0.1, 0.15) is 33.6 Å². The van der Waals surface area contributed by atoms with Crippen molar-refractivity contribution in [2.24, 2.45) is 5.73 Å². The Kier molecular flexibility index (Phi) is 7.08. The van der Waals surface area contributed by atoms with Gasteiger partial charge in [0.2, 0.25) is 0 Å². The van der Waals surface area contributed by atoms with E-state index in [2.05, 4.69) is 4.72 Å². The first-order valence-corrected chi connectivity index (χ1v) is 6.89. The zero-order valence-electron chi connectivity index (χ0n) is 9.86. The van der Waals surface area contributed by atoms with Crippen LogP contribution in [0.3, 0.4) is 0 Å². The number of nitrogens with two attached hydrogens (primary N) is 1. The second kappa shape index (κ2) is 7.16. The second-order valence-corrected chi connectivity index (χ2v) is 5.36. The summed E-state index contributed by atoms with van der Waals surface area (Å²) in [5, 5.41) is 0. The third-order valence-electron chi connectivity index (χ3n) is 1.99. The Labute approximate surface area is 93.2 Å². The molecule has 0 amide bonds. The Balaban J connectivity index is 4.48. The van der Waals surface area contributed by atoms with Crippen molar-refractivity contribution in [3.63, 3.8) is 0 Å². The van der Waals surface area contributed by atoms with Crippen molar-refractivity contribution in [1.82, 2.24) is 9.03 Å². The molecule has 0 spiro atoms. The maximum Gasteiger partial charge on any atom is 0.279 e. The number of nitrogens with zero attached hydrogens (tertiary/aromatic N) is 1. The van der Waals surface area contributed by atoms with Gasteiger partial charge in [0.05, 0.1) is 0 Å². The summed E-state index contributed by atoms with van der Waals surface area (Å²) in [6, 6.07) is -0.216. The molecule has 15 heavy (non-hydrogen) atoms. The Morgan fingerprint density at radius 1 is 1.27 bits per heavy atom. The predicted molar refractivity (Wildman–Crippen MR) is 62.7 cm³/mol. The van der Waals surface area contributed by atoms with E-state index in [1.165, 1.54) is 4.31 Å². The van der Waals surface area contributed by atoms with E-state index < -0.39 is 10.2 Å². The number of rotatable bonds is 8. The van der Waals surface area contributed by atoms with Gasteiger partial charge in [0.1, 0.15) is 0 Å². The molecule has 1 atom stereocenters. The zero-order valence-corrected chi connectivity index (χ0v) is 10.7. The maximum absolute atomic E-state index is 11.8. The second-order valence-electron chi connectivity index (χ2n) is 3.66. The third-order valence-corrected chi connectivity index (χ3v) is 3.73. The highest BCUT2D eigenvalue weighted by molar-refractivity contribution is 7.87. The minimum atomic E-state index is -3.35. The van der Waals surface area contributed by atoms with Crippen molar-refractivity contribution >= 4 is 10.2 Å². The summed E-state index contributed by atoms with van der Waals surface area (Å²) in [6.07, 6.45) is 1.63. The molecule has 92 valence electrons. The van der Waals surface area contributed by atoms with Gasteiger partial charge in [-0.05, 0) is 19.8 Å². The lowest BCUT2D eigenvalue weighted by Gasteiger charge is -2.23. The molecule has 0 aliphatic heterocycles. The van der Waals surface area contributed by atoms with Gasteiger partial charge in [-0.25, -0.2) is 0 Å². The van der Waals surface area contributed by atoms with Crippen LogP contribution in [0.15, 0.2) is 0 Å². The van der Waals surface area contributed by atoms with E-state index in [1.54, 1.807) is 6.92 Å². The molecule has 3 N–H and O–H groups in total. The number of hydrogen-bond acceptors (Lipinski definition) is 3. The Hall–Kier alpha value is -0.170. The van der Waals surface area contributed by atoms with Gasteiger partial charge in [-0.1, -0.05) is 13.8 Å². The monoisotopic (exact) mass is 237 g/mol. The SMILES string of the molecule is CCCN(CCC)S(=O)(=O)N[C@H](C)CN. The van der Waals surface area contributed by atoms with Crippen molar-refractivity contribution in [2.75, 3.05) is 19.6 Å². The molecule has 0 aromatic rings. The zero-order chi connectivity index (χ0) is 11.9. The van der Waals surface area contributed by atoms with Gasteiger partial charge in [-0.2, -0.15) is 17.4 Å². The van der Waals surface area contributed by atoms with E-state index in [0.29, 0.717) is 19.6 Å². The molecule has 0 aromatic carbocycles. The van der Waals surface area contributed by atoms with Crippen LogP contribution in [0.25, 0.3) is 0 Å². The topological polar surface area (TPSA) is 75.4 Å². The lowest BCUT2D eigenvalue weighted by atomic mass is 10.4. The molecular weight excluding hydrogens is 214 g/mol. The highest BCUT2D eigenvalue weighted by Crippen LogP contribution is 2.02. The van der Waals surface area contributed by atoms with Crippen molar-refractivity contribution < 1.29 is 8.42 Å². The first kappa shape index (κ1) is 14.8. The van der Waals surface area contributed by atoms with Crippen molar-refractivity contribution in [1.29, 1.82) is 0 Å². The van der Waals surface area contributed by atoms with Gasteiger partial charge in [-0.3, -0.25) is 0 Å². The molecular formula is C9H23N3O2S. The van der Waals surface area contributed by atoms with Gasteiger partial charge >= 0.3 is 0 Å². The minimum absolute atomic E-state index is 0.216. The summed E-state index contributed by atoms with van der Waals surface area (Å²) in [5.41, 5.74) is 5.38. The molecule has 0 radical (unpaired) electrons. The molecule has 0 bridgehead atoms. The quantitative estimate of drug-likeness (QED) is 0.637. The molecule has 5 nitrogen and oxygen atoms in total. The van der Waals surface area contributed by atoms with Crippen molar-refractivity contribution in [3.8, 4) is 0 Å². The first-order valence-electron chi connectivity index (χ1n) is 5.45. The number of hydrogen-bond donors (Lipinski definition) is 2. The summed E-state index contributed by atoms with van der Waals surface area (Å²) in [6.45, 7) is 7.11. The fraction of sp³-hybridized carbons (Fsp3) is 1.00. The summed E-state index contributed by atoms with van der Waals surface area (Å²) in [5.74, 6) is 0. The average molecular weight is 237 g/mol. The first-order chi connectivity index (χ1) is 6.97. The predicted octanol–water partition coefficient (Wildman–Crippen LogP) is 0.290. The molecule has 0 heterocycles. The van der Waals surface area contributed by atoms with Gasteiger partial charge in [0.25, 0.3) is 10.2 Å².